The van der Waals surface area contributed by atoms with Gasteiger partial charge < -0.3 is 16.4 Å². The molecule has 4 nitrogen and oxygen atoms in total. The number of carbonyl (C=O) groups excluding carboxylic acids is 1. The zero-order chi connectivity index (χ0) is 12.8. The molecule has 0 aliphatic carbocycles. The second-order valence-corrected chi connectivity index (χ2v) is 4.49. The molecule has 0 saturated heterocycles. The van der Waals surface area contributed by atoms with E-state index in [2.05, 4.69) is 10.6 Å². The van der Waals surface area contributed by atoms with E-state index in [4.69, 9.17) is 18.0 Å². The van der Waals surface area contributed by atoms with Crippen LogP contribution in [0, 0.1) is 0 Å². The molecular formula is C12H17N3OS. The van der Waals surface area contributed by atoms with Crippen LogP contribution in [-0.4, -0.2) is 17.1 Å². The molecule has 5 heteroatoms. The number of thiocarbonyl (C=S) groups is 1. The Kier molecular flexibility index (Phi) is 4.90. The van der Waals surface area contributed by atoms with Crippen LogP contribution < -0.4 is 16.4 Å². The van der Waals surface area contributed by atoms with E-state index in [-0.39, 0.29) is 12.1 Å². The monoisotopic (exact) mass is 251 g/mol. The van der Waals surface area contributed by atoms with E-state index in [0.717, 1.165) is 11.1 Å². The molecule has 92 valence electrons. The van der Waals surface area contributed by atoms with E-state index < -0.39 is 0 Å². The molecule has 0 heterocycles. The lowest BCUT2D eigenvalue weighted by atomic mass is 10.1. The maximum absolute atomic E-state index is 11.4. The van der Waals surface area contributed by atoms with Crippen molar-refractivity contribution in [2.24, 2.45) is 5.73 Å². The van der Waals surface area contributed by atoms with Crippen LogP contribution in [0.25, 0.3) is 0 Å². The number of hydrogen-bond acceptors (Lipinski definition) is 2. The van der Waals surface area contributed by atoms with Gasteiger partial charge in [-0.2, -0.15) is 0 Å². The summed E-state index contributed by atoms with van der Waals surface area (Å²) in [4.78, 5) is 11.7. The lowest BCUT2D eigenvalue weighted by molar-refractivity contribution is 0.238. The first kappa shape index (κ1) is 13.4. The summed E-state index contributed by atoms with van der Waals surface area (Å²) in [5.74, 6) is 0. The first-order chi connectivity index (χ1) is 7.99. The van der Waals surface area contributed by atoms with Crippen LogP contribution in [0.2, 0.25) is 0 Å². The summed E-state index contributed by atoms with van der Waals surface area (Å²) in [5.41, 5.74) is 7.31. The minimum absolute atomic E-state index is 0.123. The van der Waals surface area contributed by atoms with Gasteiger partial charge in [-0.3, -0.25) is 0 Å². The standard InChI is InChI=1S/C12H17N3OS/c1-8(2)15-12(16)14-7-9-4-3-5-10(6-9)11(13)17/h3-6,8H,7H2,1-2H3,(H2,13,17)(H2,14,15,16). The highest BCUT2D eigenvalue weighted by molar-refractivity contribution is 7.80. The number of urea groups is 1. The molecule has 0 unspecified atom stereocenters. The van der Waals surface area contributed by atoms with Gasteiger partial charge in [-0.25, -0.2) is 4.79 Å². The van der Waals surface area contributed by atoms with Crippen molar-refractivity contribution in [1.82, 2.24) is 10.6 Å². The lowest BCUT2D eigenvalue weighted by Gasteiger charge is -2.10. The van der Waals surface area contributed by atoms with Gasteiger partial charge in [0.15, 0.2) is 0 Å². The summed E-state index contributed by atoms with van der Waals surface area (Å²) in [7, 11) is 0. The fraction of sp³-hybridized carbons (Fsp3) is 0.333. The van der Waals surface area contributed by atoms with E-state index in [1.54, 1.807) is 0 Å². The second kappa shape index (κ2) is 6.20. The van der Waals surface area contributed by atoms with Crippen LogP contribution in [0.3, 0.4) is 0 Å². The van der Waals surface area contributed by atoms with Crippen molar-refractivity contribution < 1.29 is 4.79 Å². The largest absolute Gasteiger partial charge is 0.389 e. The van der Waals surface area contributed by atoms with Gasteiger partial charge in [0.25, 0.3) is 0 Å². The third kappa shape index (κ3) is 4.82. The molecule has 0 aliphatic rings. The molecule has 0 fully saturated rings. The predicted octanol–water partition coefficient (Wildman–Crippen LogP) is 1.53. The predicted molar refractivity (Wildman–Crippen MR) is 72.8 cm³/mol. The second-order valence-electron chi connectivity index (χ2n) is 4.05. The van der Waals surface area contributed by atoms with E-state index in [9.17, 15) is 4.79 Å². The summed E-state index contributed by atoms with van der Waals surface area (Å²) in [5, 5.41) is 5.51. The molecule has 0 saturated carbocycles. The number of carbonyl (C=O) groups is 1. The Morgan fingerprint density at radius 2 is 2.18 bits per heavy atom. The quantitative estimate of drug-likeness (QED) is 0.711. The molecular weight excluding hydrogens is 234 g/mol. The topological polar surface area (TPSA) is 67.2 Å². The van der Waals surface area contributed by atoms with Crippen molar-refractivity contribution in [2.45, 2.75) is 26.4 Å². The molecule has 0 atom stereocenters. The zero-order valence-electron chi connectivity index (χ0n) is 9.99. The number of nitrogens with two attached hydrogens (primary N) is 1. The highest BCUT2D eigenvalue weighted by Crippen LogP contribution is 2.04. The number of nitrogens with one attached hydrogen (secondary N) is 2. The molecule has 4 N–H and O–H groups in total. The van der Waals surface area contributed by atoms with Gasteiger partial charge in [0.05, 0.1) is 0 Å². The Balaban J connectivity index is 2.54. The van der Waals surface area contributed by atoms with E-state index in [1.165, 1.54) is 0 Å². The van der Waals surface area contributed by atoms with Gasteiger partial charge in [0.1, 0.15) is 4.99 Å². The van der Waals surface area contributed by atoms with Crippen LogP contribution in [-0.2, 0) is 6.54 Å². The normalized spacial score (nSPS) is 10.1. The smallest absolute Gasteiger partial charge is 0.315 e. The minimum atomic E-state index is -0.180. The molecule has 1 aromatic carbocycles. The third-order valence-corrected chi connectivity index (χ3v) is 2.32. The molecule has 0 aromatic heterocycles. The molecule has 0 spiro atoms. The Morgan fingerprint density at radius 1 is 1.47 bits per heavy atom. The van der Waals surface area contributed by atoms with Gasteiger partial charge in [-0.1, -0.05) is 30.4 Å². The Bertz CT molecular complexity index is 418. The minimum Gasteiger partial charge on any atom is -0.389 e. The van der Waals surface area contributed by atoms with E-state index in [0.29, 0.717) is 11.5 Å². The van der Waals surface area contributed by atoms with Crippen LogP contribution >= 0.6 is 12.2 Å². The van der Waals surface area contributed by atoms with Gasteiger partial charge in [0.2, 0.25) is 0 Å². The number of amides is 2. The van der Waals surface area contributed by atoms with Crippen LogP contribution in [0.1, 0.15) is 25.0 Å². The average Bonchev–Trinajstić information content (AvgIpc) is 2.26. The molecule has 0 bridgehead atoms. The molecule has 0 aliphatic heterocycles. The van der Waals surface area contributed by atoms with Gasteiger partial charge in [-0.05, 0) is 25.5 Å². The van der Waals surface area contributed by atoms with Crippen molar-refractivity contribution in [1.29, 1.82) is 0 Å². The van der Waals surface area contributed by atoms with E-state index >= 15 is 0 Å². The first-order valence-corrected chi connectivity index (χ1v) is 5.83. The summed E-state index contributed by atoms with van der Waals surface area (Å²) in [6.07, 6.45) is 0. The Labute approximate surface area is 107 Å². The SMILES string of the molecule is CC(C)NC(=O)NCc1cccc(C(N)=S)c1. The van der Waals surface area contributed by atoms with Crippen molar-refractivity contribution in [3.05, 3.63) is 35.4 Å². The van der Waals surface area contributed by atoms with Gasteiger partial charge in [-0.15, -0.1) is 0 Å². The summed E-state index contributed by atoms with van der Waals surface area (Å²) < 4.78 is 0. The fourth-order valence-corrected chi connectivity index (χ4v) is 1.46. The van der Waals surface area contributed by atoms with E-state index in [1.807, 2.05) is 38.1 Å². The lowest BCUT2D eigenvalue weighted by Crippen LogP contribution is -2.39. The van der Waals surface area contributed by atoms with Crippen molar-refractivity contribution in [3.63, 3.8) is 0 Å². The highest BCUT2D eigenvalue weighted by Gasteiger charge is 2.03. The Morgan fingerprint density at radius 3 is 2.76 bits per heavy atom. The molecule has 17 heavy (non-hydrogen) atoms. The Hall–Kier alpha value is -1.62. The summed E-state index contributed by atoms with van der Waals surface area (Å²) in [6.45, 7) is 4.27. The van der Waals surface area contributed by atoms with Crippen LogP contribution in [0.4, 0.5) is 4.79 Å². The first-order valence-electron chi connectivity index (χ1n) is 5.42. The van der Waals surface area contributed by atoms with Crippen molar-refractivity contribution in [2.75, 3.05) is 0 Å². The summed E-state index contributed by atoms with van der Waals surface area (Å²) in [6, 6.07) is 7.44. The van der Waals surface area contributed by atoms with Crippen LogP contribution in [0.5, 0.6) is 0 Å². The maximum atomic E-state index is 11.4. The maximum Gasteiger partial charge on any atom is 0.315 e. The van der Waals surface area contributed by atoms with Crippen LogP contribution in [0.15, 0.2) is 24.3 Å². The van der Waals surface area contributed by atoms with Crippen molar-refractivity contribution >= 4 is 23.2 Å². The fourth-order valence-electron chi connectivity index (χ4n) is 1.33. The van der Waals surface area contributed by atoms with Crippen molar-refractivity contribution in [3.8, 4) is 0 Å². The molecule has 0 radical (unpaired) electrons. The van der Waals surface area contributed by atoms with Gasteiger partial charge >= 0.3 is 6.03 Å². The third-order valence-electron chi connectivity index (χ3n) is 2.08. The number of rotatable bonds is 4. The summed E-state index contributed by atoms with van der Waals surface area (Å²) >= 11 is 4.89. The highest BCUT2D eigenvalue weighted by atomic mass is 32.1. The molecule has 1 aromatic rings. The average molecular weight is 251 g/mol. The van der Waals surface area contributed by atoms with Gasteiger partial charge in [0, 0.05) is 18.2 Å². The molecule has 2 amide bonds. The number of benzene rings is 1. The molecule has 1 rings (SSSR count). The zero-order valence-corrected chi connectivity index (χ0v) is 10.8. The number of hydrogen-bond donors (Lipinski definition) is 3.